The number of aromatic carboxylic acids is 1. The Kier molecular flexibility index (Phi) is 3.72. The molecule has 2 aromatic rings. The number of nitrogens with zero attached hydrogens (tertiary/aromatic N) is 2. The highest BCUT2D eigenvalue weighted by Gasteiger charge is 2.28. The summed E-state index contributed by atoms with van der Waals surface area (Å²) in [5.74, 6) is -1.82. The summed E-state index contributed by atoms with van der Waals surface area (Å²) in [4.78, 5) is 25.7. The lowest BCUT2D eigenvalue weighted by Crippen LogP contribution is -2.24. The molecule has 0 unspecified atom stereocenters. The van der Waals surface area contributed by atoms with Gasteiger partial charge in [-0.1, -0.05) is 11.6 Å². The Morgan fingerprint density at radius 3 is 2.62 bits per heavy atom. The molecule has 1 N–H and O–H groups in total. The van der Waals surface area contributed by atoms with E-state index in [4.69, 9.17) is 0 Å². The van der Waals surface area contributed by atoms with Gasteiger partial charge in [-0.05, 0) is 44.4 Å². The molecule has 0 saturated heterocycles. The van der Waals surface area contributed by atoms with Crippen LogP contribution >= 0.6 is 0 Å². The lowest BCUT2D eigenvalue weighted by molar-refractivity contribution is 0.0695. The van der Waals surface area contributed by atoms with Gasteiger partial charge >= 0.3 is 5.97 Å². The zero-order valence-electron chi connectivity index (χ0n) is 14.6. The molecule has 0 amide bonds. The van der Waals surface area contributed by atoms with Gasteiger partial charge in [-0.25, -0.2) is 9.18 Å². The van der Waals surface area contributed by atoms with Crippen molar-refractivity contribution in [3.8, 4) is 0 Å². The molecule has 1 aliphatic heterocycles. The smallest absolute Gasteiger partial charge is 0.341 e. The molecule has 26 heavy (non-hydrogen) atoms. The van der Waals surface area contributed by atoms with Gasteiger partial charge in [0.25, 0.3) is 0 Å². The van der Waals surface area contributed by atoms with Gasteiger partial charge in [0.05, 0.1) is 11.2 Å². The number of allylic oxidation sites excluding steroid dienone is 2. The number of carboxylic acid groups (broad SMARTS) is 1. The molecule has 4 rings (SSSR count). The minimum atomic E-state index is -1.29. The van der Waals surface area contributed by atoms with Crippen molar-refractivity contribution in [2.45, 2.75) is 32.7 Å². The fourth-order valence-corrected chi connectivity index (χ4v) is 3.57. The van der Waals surface area contributed by atoms with Crippen LogP contribution in [-0.4, -0.2) is 22.2 Å². The molecular formula is C20H19FN2O3. The summed E-state index contributed by atoms with van der Waals surface area (Å²) < 4.78 is 16.6. The third-order valence-corrected chi connectivity index (χ3v) is 4.83. The summed E-state index contributed by atoms with van der Waals surface area (Å²) in [5, 5.41) is 9.42. The number of carbonyl (C=O) groups is 1. The molecule has 6 heteroatoms. The van der Waals surface area contributed by atoms with Crippen LogP contribution in [0.2, 0.25) is 0 Å². The average molecular weight is 354 g/mol. The van der Waals surface area contributed by atoms with Crippen LogP contribution in [0.4, 0.5) is 10.1 Å². The monoisotopic (exact) mass is 354 g/mol. The molecule has 0 spiro atoms. The van der Waals surface area contributed by atoms with Gasteiger partial charge in [-0.3, -0.25) is 4.79 Å². The standard InChI is InChI=1S/C20H19FN2O3/c1-11-5-12(2)9-22(8-11)18-7-17-14(6-16(18)21)19(24)15(20(25)26)10-23(17)13-3-4-13/h5-8,10,13H,3-4,9H2,1-2H3,(H,25,26). The van der Waals surface area contributed by atoms with E-state index in [9.17, 15) is 19.1 Å². The third-order valence-electron chi connectivity index (χ3n) is 4.83. The number of benzene rings is 1. The first-order chi connectivity index (χ1) is 12.3. The maximum absolute atomic E-state index is 14.8. The highest BCUT2D eigenvalue weighted by atomic mass is 19.1. The number of halogens is 1. The molecule has 0 radical (unpaired) electrons. The van der Waals surface area contributed by atoms with E-state index in [2.05, 4.69) is 6.08 Å². The fourth-order valence-electron chi connectivity index (χ4n) is 3.57. The Morgan fingerprint density at radius 2 is 2.00 bits per heavy atom. The second-order valence-corrected chi connectivity index (χ2v) is 7.13. The summed E-state index contributed by atoms with van der Waals surface area (Å²) in [5.41, 5.74) is 2.15. The number of rotatable bonds is 3. The number of hydrogen-bond donors (Lipinski definition) is 1. The molecular weight excluding hydrogens is 335 g/mol. The summed E-state index contributed by atoms with van der Waals surface area (Å²) >= 11 is 0. The van der Waals surface area contributed by atoms with Crippen molar-refractivity contribution >= 4 is 22.6 Å². The van der Waals surface area contributed by atoms with E-state index in [1.165, 1.54) is 12.3 Å². The minimum Gasteiger partial charge on any atom is -0.477 e. The van der Waals surface area contributed by atoms with Gasteiger partial charge in [-0.15, -0.1) is 0 Å². The van der Waals surface area contributed by atoms with Gasteiger partial charge in [0, 0.05) is 30.4 Å². The number of aromatic nitrogens is 1. The van der Waals surface area contributed by atoms with E-state index in [0.717, 1.165) is 24.0 Å². The predicted molar refractivity (Wildman–Crippen MR) is 98.3 cm³/mol. The van der Waals surface area contributed by atoms with Gasteiger partial charge < -0.3 is 14.6 Å². The van der Waals surface area contributed by atoms with E-state index in [1.54, 1.807) is 6.07 Å². The molecule has 1 aliphatic carbocycles. The van der Waals surface area contributed by atoms with Gasteiger partial charge in [0.2, 0.25) is 5.43 Å². The fraction of sp³-hybridized carbons (Fsp3) is 0.300. The normalized spacial score (nSPS) is 17.3. The van der Waals surface area contributed by atoms with Gasteiger partial charge in [0.1, 0.15) is 11.4 Å². The molecule has 1 saturated carbocycles. The Hall–Kier alpha value is -2.89. The van der Waals surface area contributed by atoms with Crippen LogP contribution in [0.5, 0.6) is 0 Å². The SMILES string of the molecule is CC1=CN(c2cc3c(cc2F)c(=O)c(C(=O)O)cn3C2CC2)CC(C)=C1. The highest BCUT2D eigenvalue weighted by molar-refractivity contribution is 5.93. The quantitative estimate of drug-likeness (QED) is 0.910. The second-order valence-electron chi connectivity index (χ2n) is 7.13. The Morgan fingerprint density at radius 1 is 1.27 bits per heavy atom. The average Bonchev–Trinajstić information content (AvgIpc) is 3.38. The van der Waals surface area contributed by atoms with Crippen LogP contribution in [-0.2, 0) is 0 Å². The molecule has 2 heterocycles. The van der Waals surface area contributed by atoms with Crippen molar-refractivity contribution in [1.82, 2.24) is 4.57 Å². The predicted octanol–water partition coefficient (Wildman–Crippen LogP) is 3.84. The lowest BCUT2D eigenvalue weighted by Gasteiger charge is -2.26. The molecule has 1 fully saturated rings. The van der Waals surface area contributed by atoms with E-state index >= 15 is 0 Å². The molecule has 2 aliphatic rings. The van der Waals surface area contributed by atoms with Crippen LogP contribution in [0, 0.1) is 5.82 Å². The van der Waals surface area contributed by atoms with Crippen molar-refractivity contribution in [3.05, 3.63) is 63.4 Å². The number of anilines is 1. The van der Waals surface area contributed by atoms with Crippen LogP contribution in [0.15, 0.2) is 46.5 Å². The Balaban J connectivity index is 1.96. The van der Waals surface area contributed by atoms with E-state index < -0.39 is 17.2 Å². The molecule has 1 aromatic heterocycles. The zero-order valence-corrected chi connectivity index (χ0v) is 14.6. The summed E-state index contributed by atoms with van der Waals surface area (Å²) in [6, 6.07) is 3.00. The second kappa shape index (κ2) is 5.83. The maximum Gasteiger partial charge on any atom is 0.341 e. The lowest BCUT2D eigenvalue weighted by atomic mass is 10.1. The number of carboxylic acids is 1. The summed E-state index contributed by atoms with van der Waals surface area (Å²) in [7, 11) is 0. The van der Waals surface area contributed by atoms with Gasteiger partial charge in [0.15, 0.2) is 0 Å². The van der Waals surface area contributed by atoms with E-state index in [1.807, 2.05) is 29.5 Å². The van der Waals surface area contributed by atoms with Crippen LogP contribution in [0.1, 0.15) is 43.1 Å². The van der Waals surface area contributed by atoms with Crippen molar-refractivity contribution < 1.29 is 14.3 Å². The zero-order chi connectivity index (χ0) is 18.6. The molecule has 5 nitrogen and oxygen atoms in total. The van der Waals surface area contributed by atoms with Crippen molar-refractivity contribution in [2.24, 2.45) is 0 Å². The first-order valence-electron chi connectivity index (χ1n) is 8.59. The number of pyridine rings is 1. The highest BCUT2D eigenvalue weighted by Crippen LogP contribution is 2.38. The van der Waals surface area contributed by atoms with Crippen molar-refractivity contribution in [1.29, 1.82) is 0 Å². The third kappa shape index (κ3) is 2.71. The largest absolute Gasteiger partial charge is 0.477 e. The van der Waals surface area contributed by atoms with Crippen molar-refractivity contribution in [2.75, 3.05) is 11.4 Å². The van der Waals surface area contributed by atoms with Crippen LogP contribution < -0.4 is 10.3 Å². The molecule has 0 atom stereocenters. The summed E-state index contributed by atoms with van der Waals surface area (Å²) in [6.45, 7) is 4.51. The Bertz CT molecular complexity index is 1060. The molecule has 1 aromatic carbocycles. The van der Waals surface area contributed by atoms with Crippen LogP contribution in [0.25, 0.3) is 10.9 Å². The molecule has 134 valence electrons. The topological polar surface area (TPSA) is 62.5 Å². The van der Waals surface area contributed by atoms with Crippen LogP contribution in [0.3, 0.4) is 0 Å². The number of hydrogen-bond acceptors (Lipinski definition) is 3. The maximum atomic E-state index is 14.8. The summed E-state index contributed by atoms with van der Waals surface area (Å²) in [6.07, 6.45) is 7.18. The minimum absolute atomic E-state index is 0.114. The van der Waals surface area contributed by atoms with Crippen molar-refractivity contribution in [3.63, 3.8) is 0 Å². The first kappa shape index (κ1) is 16.6. The van der Waals surface area contributed by atoms with Gasteiger partial charge in [-0.2, -0.15) is 0 Å². The van der Waals surface area contributed by atoms with E-state index in [-0.39, 0.29) is 17.0 Å². The van der Waals surface area contributed by atoms with E-state index in [0.29, 0.717) is 17.7 Å². The first-order valence-corrected chi connectivity index (χ1v) is 8.59. The number of fused-ring (bicyclic) bond motifs is 1. The molecule has 0 bridgehead atoms. The Labute approximate surface area is 149 Å².